The lowest BCUT2D eigenvalue weighted by Crippen LogP contribution is -2.40. The zero-order valence-corrected chi connectivity index (χ0v) is 11.2. The smallest absolute Gasteiger partial charge is 0.235 e. The second kappa shape index (κ2) is 4.92. The van der Waals surface area contributed by atoms with Gasteiger partial charge in [0.2, 0.25) is 11.8 Å². The normalized spacial score (nSPS) is 18.9. The lowest BCUT2D eigenvalue weighted by Gasteiger charge is -2.20. The molecular weight excluding hydrogens is 254 g/mol. The van der Waals surface area contributed by atoms with Gasteiger partial charge in [-0.25, -0.2) is 0 Å². The Morgan fingerprint density at radius 1 is 1.25 bits per heavy atom. The van der Waals surface area contributed by atoms with Gasteiger partial charge in [0.05, 0.1) is 17.3 Å². The SMILES string of the molecule is Cn1nc(-c2ccccc2)cc1C1CCC(=O)NC1=O. The average molecular weight is 269 g/mol. The molecule has 1 saturated heterocycles. The van der Waals surface area contributed by atoms with Crippen molar-refractivity contribution in [2.45, 2.75) is 18.8 Å². The quantitative estimate of drug-likeness (QED) is 0.842. The predicted octanol–water partition coefficient (Wildman–Crippen LogP) is 1.61. The van der Waals surface area contributed by atoms with Crippen LogP contribution in [-0.4, -0.2) is 21.6 Å². The molecule has 0 spiro atoms. The maximum atomic E-state index is 11.9. The van der Waals surface area contributed by atoms with Crippen LogP contribution in [0.2, 0.25) is 0 Å². The van der Waals surface area contributed by atoms with Gasteiger partial charge in [-0.15, -0.1) is 0 Å². The van der Waals surface area contributed by atoms with Crippen molar-refractivity contribution in [2.24, 2.45) is 7.05 Å². The van der Waals surface area contributed by atoms with Crippen molar-refractivity contribution in [3.05, 3.63) is 42.1 Å². The van der Waals surface area contributed by atoms with Crippen molar-refractivity contribution in [2.75, 3.05) is 0 Å². The number of rotatable bonds is 2. The highest BCUT2D eigenvalue weighted by atomic mass is 16.2. The number of carbonyl (C=O) groups excluding carboxylic acids is 2. The Morgan fingerprint density at radius 2 is 2.00 bits per heavy atom. The van der Waals surface area contributed by atoms with Crippen molar-refractivity contribution in [3.8, 4) is 11.3 Å². The van der Waals surface area contributed by atoms with E-state index >= 15 is 0 Å². The molecule has 5 heteroatoms. The van der Waals surface area contributed by atoms with E-state index in [0.29, 0.717) is 12.8 Å². The van der Waals surface area contributed by atoms with Gasteiger partial charge in [0.15, 0.2) is 0 Å². The molecule has 2 amide bonds. The second-order valence-corrected chi connectivity index (χ2v) is 4.95. The third-order valence-corrected chi connectivity index (χ3v) is 3.58. The number of piperidine rings is 1. The first kappa shape index (κ1) is 12.6. The molecule has 102 valence electrons. The molecule has 0 saturated carbocycles. The summed E-state index contributed by atoms with van der Waals surface area (Å²) in [6.07, 6.45) is 0.917. The molecule has 20 heavy (non-hydrogen) atoms. The minimum atomic E-state index is -0.303. The topological polar surface area (TPSA) is 64.0 Å². The Labute approximate surface area is 116 Å². The molecule has 5 nitrogen and oxygen atoms in total. The molecule has 1 atom stereocenters. The standard InChI is InChI=1S/C15H15N3O2/c1-18-13(11-7-8-14(19)16-15(11)20)9-12(17-18)10-5-3-2-4-6-10/h2-6,9,11H,7-8H2,1H3,(H,16,19,20). The lowest BCUT2D eigenvalue weighted by atomic mass is 9.94. The van der Waals surface area contributed by atoms with Crippen molar-refractivity contribution in [1.82, 2.24) is 15.1 Å². The zero-order chi connectivity index (χ0) is 14.1. The van der Waals surface area contributed by atoms with Crippen LogP contribution in [0.5, 0.6) is 0 Å². The molecule has 0 aliphatic carbocycles. The minimum Gasteiger partial charge on any atom is -0.296 e. The molecule has 1 aromatic heterocycles. The van der Waals surface area contributed by atoms with Crippen LogP contribution < -0.4 is 5.32 Å². The molecule has 1 aromatic carbocycles. The number of nitrogens with one attached hydrogen (secondary N) is 1. The molecular formula is C15H15N3O2. The first-order valence-corrected chi connectivity index (χ1v) is 6.58. The molecule has 2 aromatic rings. The number of nitrogens with zero attached hydrogens (tertiary/aromatic N) is 2. The zero-order valence-electron chi connectivity index (χ0n) is 11.2. The number of carbonyl (C=O) groups is 2. The predicted molar refractivity (Wildman–Crippen MR) is 73.8 cm³/mol. The van der Waals surface area contributed by atoms with Crippen LogP contribution in [0.25, 0.3) is 11.3 Å². The van der Waals surface area contributed by atoms with Gasteiger partial charge in [-0.05, 0) is 12.5 Å². The Kier molecular flexibility index (Phi) is 3.10. The average Bonchev–Trinajstić information content (AvgIpc) is 2.82. The number of benzene rings is 1. The van der Waals surface area contributed by atoms with E-state index in [1.165, 1.54) is 0 Å². The van der Waals surface area contributed by atoms with Crippen LogP contribution in [0.3, 0.4) is 0 Å². The summed E-state index contributed by atoms with van der Waals surface area (Å²) in [5.74, 6) is -0.733. The summed E-state index contributed by atoms with van der Waals surface area (Å²) in [6, 6.07) is 11.8. The van der Waals surface area contributed by atoms with Crippen molar-refractivity contribution < 1.29 is 9.59 Å². The van der Waals surface area contributed by atoms with Gasteiger partial charge in [0.25, 0.3) is 0 Å². The summed E-state index contributed by atoms with van der Waals surface area (Å²) in [5.41, 5.74) is 2.70. The van der Waals surface area contributed by atoms with Crippen LogP contribution in [0.1, 0.15) is 24.5 Å². The monoisotopic (exact) mass is 269 g/mol. The maximum Gasteiger partial charge on any atom is 0.235 e. The Balaban J connectivity index is 1.94. The third-order valence-electron chi connectivity index (χ3n) is 3.58. The van der Waals surface area contributed by atoms with Gasteiger partial charge < -0.3 is 0 Å². The van der Waals surface area contributed by atoms with Crippen LogP contribution in [0.15, 0.2) is 36.4 Å². The van der Waals surface area contributed by atoms with E-state index < -0.39 is 0 Å². The van der Waals surface area contributed by atoms with Gasteiger partial charge in [-0.1, -0.05) is 30.3 Å². The van der Waals surface area contributed by atoms with Crippen molar-refractivity contribution in [1.29, 1.82) is 0 Å². The van der Waals surface area contributed by atoms with E-state index in [1.807, 2.05) is 43.4 Å². The molecule has 3 rings (SSSR count). The van der Waals surface area contributed by atoms with Crippen LogP contribution in [-0.2, 0) is 16.6 Å². The molecule has 1 fully saturated rings. The summed E-state index contributed by atoms with van der Waals surface area (Å²) in [7, 11) is 1.82. The summed E-state index contributed by atoms with van der Waals surface area (Å²) in [5, 5.41) is 6.85. The fraction of sp³-hybridized carbons (Fsp3) is 0.267. The Bertz CT molecular complexity index is 661. The van der Waals surface area contributed by atoms with Crippen LogP contribution >= 0.6 is 0 Å². The van der Waals surface area contributed by atoms with E-state index in [-0.39, 0.29) is 17.7 Å². The van der Waals surface area contributed by atoms with E-state index in [0.717, 1.165) is 17.0 Å². The highest BCUT2D eigenvalue weighted by Crippen LogP contribution is 2.28. The molecule has 2 heterocycles. The summed E-state index contributed by atoms with van der Waals surface area (Å²) < 4.78 is 1.72. The van der Waals surface area contributed by atoms with E-state index in [2.05, 4.69) is 10.4 Å². The summed E-state index contributed by atoms with van der Waals surface area (Å²) in [4.78, 5) is 23.1. The largest absolute Gasteiger partial charge is 0.296 e. The molecule has 0 radical (unpaired) electrons. The highest BCUT2D eigenvalue weighted by molar-refractivity contribution is 6.00. The number of aryl methyl sites for hydroxylation is 1. The number of aromatic nitrogens is 2. The van der Waals surface area contributed by atoms with Gasteiger partial charge in [-0.3, -0.25) is 19.6 Å². The summed E-state index contributed by atoms with van der Waals surface area (Å²) in [6.45, 7) is 0. The minimum absolute atomic E-state index is 0.197. The van der Waals surface area contributed by atoms with E-state index in [4.69, 9.17) is 0 Å². The molecule has 1 aliphatic rings. The fourth-order valence-electron chi connectivity index (χ4n) is 2.53. The van der Waals surface area contributed by atoms with E-state index in [9.17, 15) is 9.59 Å². The molecule has 1 N–H and O–H groups in total. The van der Waals surface area contributed by atoms with Gasteiger partial charge in [-0.2, -0.15) is 5.10 Å². The van der Waals surface area contributed by atoms with Crippen molar-refractivity contribution >= 4 is 11.8 Å². The third kappa shape index (κ3) is 2.22. The number of hydrogen-bond acceptors (Lipinski definition) is 3. The Morgan fingerprint density at radius 3 is 2.70 bits per heavy atom. The summed E-state index contributed by atoms with van der Waals surface area (Å²) >= 11 is 0. The van der Waals surface area contributed by atoms with Gasteiger partial charge in [0.1, 0.15) is 0 Å². The highest BCUT2D eigenvalue weighted by Gasteiger charge is 2.30. The van der Waals surface area contributed by atoms with Crippen molar-refractivity contribution in [3.63, 3.8) is 0 Å². The van der Waals surface area contributed by atoms with Crippen LogP contribution in [0, 0.1) is 0 Å². The number of amides is 2. The fourth-order valence-corrected chi connectivity index (χ4v) is 2.53. The van der Waals surface area contributed by atoms with Crippen LogP contribution in [0.4, 0.5) is 0 Å². The molecule has 1 aliphatic heterocycles. The Hall–Kier alpha value is -2.43. The maximum absolute atomic E-state index is 11.9. The molecule has 1 unspecified atom stereocenters. The van der Waals surface area contributed by atoms with Gasteiger partial charge in [0, 0.05) is 19.0 Å². The number of hydrogen-bond donors (Lipinski definition) is 1. The first-order chi connectivity index (χ1) is 9.65. The lowest BCUT2D eigenvalue weighted by molar-refractivity contribution is -0.134. The van der Waals surface area contributed by atoms with Gasteiger partial charge >= 0.3 is 0 Å². The van der Waals surface area contributed by atoms with E-state index in [1.54, 1.807) is 4.68 Å². The first-order valence-electron chi connectivity index (χ1n) is 6.58. The second-order valence-electron chi connectivity index (χ2n) is 4.95. The number of imide groups is 1. The molecule has 0 bridgehead atoms.